The first-order valence-corrected chi connectivity index (χ1v) is 7.61. The largest absolute Gasteiger partial charge is 0.355 e. The maximum atomic E-state index is 12.0. The summed E-state index contributed by atoms with van der Waals surface area (Å²) >= 11 is 0. The quantitative estimate of drug-likeness (QED) is 0.579. The number of carbonyl (C=O) groups excluding carboxylic acids is 3. The predicted molar refractivity (Wildman–Crippen MR) is 90.7 cm³/mol. The number of hydrogen-bond donors (Lipinski definition) is 1. The van der Waals surface area contributed by atoms with Gasteiger partial charge < -0.3 is 15.1 Å². The molecule has 1 rings (SSSR count). The van der Waals surface area contributed by atoms with Crippen molar-refractivity contribution in [3.8, 4) is 0 Å². The van der Waals surface area contributed by atoms with Crippen LogP contribution in [0.4, 0.5) is 5.69 Å². The van der Waals surface area contributed by atoms with Gasteiger partial charge in [0, 0.05) is 24.7 Å². The molecule has 23 heavy (non-hydrogen) atoms. The van der Waals surface area contributed by atoms with E-state index in [2.05, 4.69) is 5.32 Å². The summed E-state index contributed by atoms with van der Waals surface area (Å²) in [4.78, 5) is 38.7. The lowest BCUT2D eigenvalue weighted by Crippen LogP contribution is -2.40. The van der Waals surface area contributed by atoms with Crippen LogP contribution in [0.25, 0.3) is 0 Å². The molecular weight excluding hydrogens is 294 g/mol. The van der Waals surface area contributed by atoms with E-state index in [0.717, 1.165) is 13.0 Å². The predicted octanol–water partition coefficient (Wildman–Crippen LogP) is 1.31. The van der Waals surface area contributed by atoms with Crippen LogP contribution in [-0.4, -0.2) is 56.2 Å². The van der Waals surface area contributed by atoms with Crippen LogP contribution in [0.2, 0.25) is 0 Å². The van der Waals surface area contributed by atoms with Crippen molar-refractivity contribution in [2.45, 2.75) is 20.3 Å². The fourth-order valence-corrected chi connectivity index (χ4v) is 2.10. The molecule has 6 heteroatoms. The molecule has 1 N–H and O–H groups in total. The van der Waals surface area contributed by atoms with Crippen LogP contribution in [0.3, 0.4) is 0 Å². The van der Waals surface area contributed by atoms with Gasteiger partial charge in [-0.05, 0) is 46.1 Å². The minimum absolute atomic E-state index is 0.0569. The van der Waals surface area contributed by atoms with Gasteiger partial charge in [0.15, 0.2) is 5.78 Å². The number of nitrogens with one attached hydrogen (secondary N) is 1. The standard InChI is InChI=1S/C17H25N3O3/c1-13(21)15-7-5-8-16(11-15)20(14(2)22)12-17(23)18-9-6-10-19(3)4/h5,7-8,11H,6,9-10,12H2,1-4H3,(H,18,23). The normalized spacial score (nSPS) is 10.5. The van der Waals surface area contributed by atoms with Crippen molar-refractivity contribution in [1.82, 2.24) is 10.2 Å². The lowest BCUT2D eigenvalue weighted by Gasteiger charge is -2.21. The number of carbonyl (C=O) groups is 3. The van der Waals surface area contributed by atoms with Gasteiger partial charge >= 0.3 is 0 Å². The summed E-state index contributed by atoms with van der Waals surface area (Å²) in [6.07, 6.45) is 0.846. The molecule has 2 amide bonds. The lowest BCUT2D eigenvalue weighted by molar-refractivity contribution is -0.123. The summed E-state index contributed by atoms with van der Waals surface area (Å²) < 4.78 is 0. The van der Waals surface area contributed by atoms with E-state index in [1.807, 2.05) is 19.0 Å². The highest BCUT2D eigenvalue weighted by molar-refractivity contribution is 6.00. The van der Waals surface area contributed by atoms with Crippen LogP contribution in [0.5, 0.6) is 0 Å². The third-order valence-corrected chi connectivity index (χ3v) is 3.35. The first-order valence-electron chi connectivity index (χ1n) is 7.61. The molecule has 0 aliphatic carbocycles. The average Bonchev–Trinajstić information content (AvgIpc) is 2.48. The van der Waals surface area contributed by atoms with Crippen LogP contribution in [-0.2, 0) is 9.59 Å². The van der Waals surface area contributed by atoms with Gasteiger partial charge in [0.1, 0.15) is 6.54 Å². The minimum Gasteiger partial charge on any atom is -0.355 e. The number of amides is 2. The number of hydrogen-bond acceptors (Lipinski definition) is 4. The second-order valence-corrected chi connectivity index (χ2v) is 5.72. The van der Waals surface area contributed by atoms with Crippen molar-refractivity contribution in [3.05, 3.63) is 29.8 Å². The van der Waals surface area contributed by atoms with Gasteiger partial charge in [-0.25, -0.2) is 0 Å². The van der Waals surface area contributed by atoms with E-state index in [1.165, 1.54) is 18.7 Å². The van der Waals surface area contributed by atoms with Gasteiger partial charge in [-0.1, -0.05) is 12.1 Å². The van der Waals surface area contributed by atoms with Gasteiger partial charge in [0.25, 0.3) is 0 Å². The Labute approximate surface area is 137 Å². The number of ketones is 1. The molecule has 0 heterocycles. The Morgan fingerprint density at radius 3 is 2.39 bits per heavy atom. The second kappa shape index (κ2) is 9.05. The van der Waals surface area contributed by atoms with Gasteiger partial charge in [-0.3, -0.25) is 14.4 Å². The number of benzene rings is 1. The number of anilines is 1. The van der Waals surface area contributed by atoms with E-state index in [-0.39, 0.29) is 24.1 Å². The molecule has 0 radical (unpaired) electrons. The number of nitrogens with zero attached hydrogens (tertiary/aromatic N) is 2. The van der Waals surface area contributed by atoms with Crippen LogP contribution in [0, 0.1) is 0 Å². The van der Waals surface area contributed by atoms with Crippen LogP contribution >= 0.6 is 0 Å². The maximum absolute atomic E-state index is 12.0. The smallest absolute Gasteiger partial charge is 0.240 e. The summed E-state index contributed by atoms with van der Waals surface area (Å²) in [7, 11) is 3.95. The van der Waals surface area contributed by atoms with Gasteiger partial charge in [-0.15, -0.1) is 0 Å². The molecule has 126 valence electrons. The summed E-state index contributed by atoms with van der Waals surface area (Å²) in [6.45, 7) is 4.26. The highest BCUT2D eigenvalue weighted by Gasteiger charge is 2.16. The van der Waals surface area contributed by atoms with E-state index in [1.54, 1.807) is 24.3 Å². The third kappa shape index (κ3) is 6.61. The third-order valence-electron chi connectivity index (χ3n) is 3.35. The fourth-order valence-electron chi connectivity index (χ4n) is 2.10. The van der Waals surface area contributed by atoms with Crippen molar-refractivity contribution < 1.29 is 14.4 Å². The summed E-state index contributed by atoms with van der Waals surface area (Å²) in [5.74, 6) is -0.537. The molecule has 6 nitrogen and oxygen atoms in total. The minimum atomic E-state index is -0.242. The zero-order valence-electron chi connectivity index (χ0n) is 14.3. The van der Waals surface area contributed by atoms with Crippen molar-refractivity contribution >= 4 is 23.3 Å². The monoisotopic (exact) mass is 319 g/mol. The first-order chi connectivity index (χ1) is 10.8. The van der Waals surface area contributed by atoms with Crippen molar-refractivity contribution in [1.29, 1.82) is 0 Å². The molecule has 0 bridgehead atoms. The maximum Gasteiger partial charge on any atom is 0.240 e. The molecule has 0 saturated heterocycles. The second-order valence-electron chi connectivity index (χ2n) is 5.72. The highest BCUT2D eigenvalue weighted by Crippen LogP contribution is 2.16. The summed E-state index contributed by atoms with van der Waals surface area (Å²) in [6, 6.07) is 6.73. The molecule has 0 aromatic heterocycles. The lowest BCUT2D eigenvalue weighted by atomic mass is 10.1. The van der Waals surface area contributed by atoms with E-state index < -0.39 is 0 Å². The Kier molecular flexibility index (Phi) is 7.41. The van der Waals surface area contributed by atoms with E-state index >= 15 is 0 Å². The molecule has 1 aromatic carbocycles. The Balaban J connectivity index is 2.68. The van der Waals surface area contributed by atoms with E-state index in [0.29, 0.717) is 17.8 Å². The van der Waals surface area contributed by atoms with E-state index in [9.17, 15) is 14.4 Å². The van der Waals surface area contributed by atoms with Gasteiger partial charge in [-0.2, -0.15) is 0 Å². The Morgan fingerprint density at radius 2 is 1.83 bits per heavy atom. The highest BCUT2D eigenvalue weighted by atomic mass is 16.2. The zero-order chi connectivity index (χ0) is 17.4. The number of Topliss-reactive ketones (excluding diaryl/α,β-unsaturated/α-hetero) is 1. The molecule has 1 aromatic rings. The van der Waals surface area contributed by atoms with Crippen molar-refractivity contribution in [2.75, 3.05) is 38.6 Å². The van der Waals surface area contributed by atoms with E-state index in [4.69, 9.17) is 0 Å². The Morgan fingerprint density at radius 1 is 1.13 bits per heavy atom. The summed E-state index contributed by atoms with van der Waals surface area (Å²) in [5, 5.41) is 2.80. The fraction of sp³-hybridized carbons (Fsp3) is 0.471. The molecular formula is C17H25N3O3. The molecule has 0 aliphatic heterocycles. The van der Waals surface area contributed by atoms with Crippen LogP contribution in [0.1, 0.15) is 30.6 Å². The first kappa shape index (κ1) is 18.8. The number of rotatable bonds is 8. The molecule has 0 saturated carbocycles. The molecule has 0 atom stereocenters. The Bertz CT molecular complexity index is 570. The summed E-state index contributed by atoms with van der Waals surface area (Å²) in [5.41, 5.74) is 1.06. The van der Waals surface area contributed by atoms with Crippen molar-refractivity contribution in [2.24, 2.45) is 0 Å². The SMILES string of the molecule is CC(=O)c1cccc(N(CC(=O)NCCCN(C)C)C(C)=O)c1. The zero-order valence-corrected chi connectivity index (χ0v) is 14.3. The topological polar surface area (TPSA) is 69.7 Å². The molecule has 0 aliphatic rings. The van der Waals surface area contributed by atoms with Crippen LogP contribution < -0.4 is 10.2 Å². The molecule has 0 unspecified atom stereocenters. The molecule has 0 spiro atoms. The average molecular weight is 319 g/mol. The van der Waals surface area contributed by atoms with Gasteiger partial charge in [0.2, 0.25) is 11.8 Å². The van der Waals surface area contributed by atoms with Crippen LogP contribution in [0.15, 0.2) is 24.3 Å². The Hall–Kier alpha value is -2.21. The van der Waals surface area contributed by atoms with Crippen molar-refractivity contribution in [3.63, 3.8) is 0 Å². The molecule has 0 fully saturated rings. The van der Waals surface area contributed by atoms with Gasteiger partial charge in [0.05, 0.1) is 0 Å².